The Morgan fingerprint density at radius 1 is 1.24 bits per heavy atom. The minimum Gasteiger partial charge on any atom is -0.478 e. The van der Waals surface area contributed by atoms with Crippen molar-refractivity contribution in [1.82, 2.24) is 0 Å². The summed E-state index contributed by atoms with van der Waals surface area (Å²) < 4.78 is 39.5. The van der Waals surface area contributed by atoms with Crippen molar-refractivity contribution in [1.29, 1.82) is 0 Å². The van der Waals surface area contributed by atoms with Gasteiger partial charge in [0, 0.05) is 18.8 Å². The van der Waals surface area contributed by atoms with Crippen LogP contribution in [0.2, 0.25) is 0 Å². The molecule has 0 spiro atoms. The number of carbonyl (C=O) groups is 1. The highest BCUT2D eigenvalue weighted by atomic mass is 19.4. The molecule has 2 rings (SSSR count). The molecule has 1 N–H and O–H groups in total. The van der Waals surface area contributed by atoms with Gasteiger partial charge in [0.2, 0.25) is 0 Å². The van der Waals surface area contributed by atoms with Crippen molar-refractivity contribution in [2.24, 2.45) is 5.41 Å². The molecule has 0 amide bonds. The first-order chi connectivity index (χ1) is 9.60. The second-order valence-corrected chi connectivity index (χ2v) is 6.19. The Balaban J connectivity index is 2.37. The number of nitrogens with zero attached hydrogens (tertiary/aromatic N) is 1. The van der Waals surface area contributed by atoms with Crippen LogP contribution in [0.3, 0.4) is 0 Å². The molecule has 1 aromatic carbocycles. The molecule has 1 aliphatic heterocycles. The molecule has 116 valence electrons. The number of piperidine rings is 1. The Hall–Kier alpha value is -1.72. The van der Waals surface area contributed by atoms with Crippen molar-refractivity contribution < 1.29 is 23.1 Å². The van der Waals surface area contributed by atoms with Gasteiger partial charge < -0.3 is 10.0 Å². The SMILES string of the molecule is CC1(C)CCN(c2ccc(C(=O)O)cc2C(F)(F)F)CC1. The summed E-state index contributed by atoms with van der Waals surface area (Å²) in [6.07, 6.45) is -2.94. The zero-order chi connectivity index (χ0) is 15.8. The molecule has 0 saturated carbocycles. The van der Waals surface area contributed by atoms with E-state index in [-0.39, 0.29) is 16.7 Å². The predicted octanol–water partition coefficient (Wildman–Crippen LogP) is 4.03. The van der Waals surface area contributed by atoms with Crippen molar-refractivity contribution in [3.8, 4) is 0 Å². The van der Waals surface area contributed by atoms with Gasteiger partial charge in [-0.05, 0) is 36.5 Å². The van der Waals surface area contributed by atoms with E-state index in [2.05, 4.69) is 13.8 Å². The van der Waals surface area contributed by atoms with Gasteiger partial charge in [0.25, 0.3) is 0 Å². The summed E-state index contributed by atoms with van der Waals surface area (Å²) >= 11 is 0. The first-order valence-electron chi connectivity index (χ1n) is 6.80. The lowest BCUT2D eigenvalue weighted by Gasteiger charge is -2.39. The number of carboxylic acid groups (broad SMARTS) is 1. The van der Waals surface area contributed by atoms with E-state index >= 15 is 0 Å². The minimum absolute atomic E-state index is 0.0722. The average molecular weight is 301 g/mol. The van der Waals surface area contributed by atoms with Crippen LogP contribution in [0.5, 0.6) is 0 Å². The van der Waals surface area contributed by atoms with Gasteiger partial charge >= 0.3 is 12.1 Å². The molecule has 0 radical (unpaired) electrons. The molecular weight excluding hydrogens is 283 g/mol. The summed E-state index contributed by atoms with van der Waals surface area (Å²) in [6.45, 7) is 5.29. The highest BCUT2D eigenvalue weighted by Crippen LogP contribution is 2.40. The number of anilines is 1. The smallest absolute Gasteiger partial charge is 0.418 e. The molecule has 6 heteroatoms. The van der Waals surface area contributed by atoms with Crippen molar-refractivity contribution in [3.63, 3.8) is 0 Å². The maximum absolute atomic E-state index is 13.2. The van der Waals surface area contributed by atoms with Gasteiger partial charge in [0.05, 0.1) is 11.1 Å². The third kappa shape index (κ3) is 3.49. The van der Waals surface area contributed by atoms with Gasteiger partial charge in [-0.3, -0.25) is 0 Å². The largest absolute Gasteiger partial charge is 0.478 e. The molecular formula is C15H18F3NO2. The average Bonchev–Trinajstić information content (AvgIpc) is 2.37. The number of hydrogen-bond acceptors (Lipinski definition) is 2. The first kappa shape index (κ1) is 15.7. The van der Waals surface area contributed by atoms with E-state index < -0.39 is 17.7 Å². The van der Waals surface area contributed by atoms with E-state index in [0.29, 0.717) is 13.1 Å². The lowest BCUT2D eigenvalue weighted by Crippen LogP contribution is -2.38. The van der Waals surface area contributed by atoms with Crippen LogP contribution in [0.15, 0.2) is 18.2 Å². The molecule has 0 atom stereocenters. The first-order valence-corrected chi connectivity index (χ1v) is 6.80. The van der Waals surface area contributed by atoms with Crippen LogP contribution < -0.4 is 4.90 Å². The third-order valence-electron chi connectivity index (χ3n) is 4.01. The van der Waals surface area contributed by atoms with Gasteiger partial charge in [-0.2, -0.15) is 13.2 Å². The van der Waals surface area contributed by atoms with E-state index in [1.54, 1.807) is 4.90 Å². The highest BCUT2D eigenvalue weighted by Gasteiger charge is 2.37. The van der Waals surface area contributed by atoms with E-state index in [1.807, 2.05) is 0 Å². The molecule has 1 heterocycles. The fraction of sp³-hybridized carbons (Fsp3) is 0.533. The molecule has 1 aliphatic rings. The Bertz CT molecular complexity index is 542. The standard InChI is InChI=1S/C15H18F3NO2/c1-14(2)5-7-19(8-6-14)12-4-3-10(13(20)21)9-11(12)15(16,17)18/h3-4,9H,5-8H2,1-2H3,(H,20,21). The molecule has 21 heavy (non-hydrogen) atoms. The van der Waals surface area contributed by atoms with E-state index in [9.17, 15) is 18.0 Å². The van der Waals surface area contributed by atoms with E-state index in [0.717, 1.165) is 18.9 Å². The maximum Gasteiger partial charge on any atom is 0.418 e. The highest BCUT2D eigenvalue weighted by molar-refractivity contribution is 5.88. The van der Waals surface area contributed by atoms with Crippen molar-refractivity contribution in [3.05, 3.63) is 29.3 Å². The second kappa shape index (κ2) is 5.24. The van der Waals surface area contributed by atoms with Crippen LogP contribution in [-0.2, 0) is 6.18 Å². The summed E-state index contributed by atoms with van der Waals surface area (Å²) in [6, 6.07) is 3.22. The fourth-order valence-corrected chi connectivity index (χ4v) is 2.52. The van der Waals surface area contributed by atoms with E-state index in [1.165, 1.54) is 12.1 Å². The summed E-state index contributed by atoms with van der Waals surface area (Å²) in [7, 11) is 0. The number of hydrogen-bond donors (Lipinski definition) is 1. The van der Waals surface area contributed by atoms with Crippen molar-refractivity contribution in [2.75, 3.05) is 18.0 Å². The molecule has 1 aromatic rings. The number of alkyl halides is 3. The zero-order valence-corrected chi connectivity index (χ0v) is 12.0. The van der Waals surface area contributed by atoms with Gasteiger partial charge in [0.1, 0.15) is 0 Å². The topological polar surface area (TPSA) is 40.5 Å². The molecule has 0 aromatic heterocycles. The van der Waals surface area contributed by atoms with Gasteiger partial charge in [-0.25, -0.2) is 4.79 Å². The van der Waals surface area contributed by atoms with Crippen LogP contribution in [0.25, 0.3) is 0 Å². The normalized spacial score (nSPS) is 18.6. The van der Waals surface area contributed by atoms with Crippen LogP contribution in [-0.4, -0.2) is 24.2 Å². The third-order valence-corrected chi connectivity index (χ3v) is 4.01. The molecule has 1 fully saturated rings. The van der Waals surface area contributed by atoms with E-state index in [4.69, 9.17) is 5.11 Å². The summed E-state index contributed by atoms with van der Waals surface area (Å²) in [5, 5.41) is 8.86. The Morgan fingerprint density at radius 3 is 2.29 bits per heavy atom. The Labute approximate surface area is 121 Å². The summed E-state index contributed by atoms with van der Waals surface area (Å²) in [5.41, 5.74) is -1.01. The number of aromatic carboxylic acids is 1. The van der Waals surface area contributed by atoms with Crippen LogP contribution in [0.1, 0.15) is 42.6 Å². The molecule has 0 aliphatic carbocycles. The lowest BCUT2D eigenvalue weighted by atomic mass is 9.82. The lowest BCUT2D eigenvalue weighted by molar-refractivity contribution is -0.137. The minimum atomic E-state index is -4.56. The number of benzene rings is 1. The number of rotatable bonds is 2. The molecule has 0 unspecified atom stereocenters. The summed E-state index contributed by atoms with van der Waals surface area (Å²) in [5.74, 6) is -1.35. The second-order valence-electron chi connectivity index (χ2n) is 6.19. The van der Waals surface area contributed by atoms with Crippen molar-refractivity contribution in [2.45, 2.75) is 32.9 Å². The predicted molar refractivity (Wildman–Crippen MR) is 73.6 cm³/mol. The number of carboxylic acids is 1. The van der Waals surface area contributed by atoms with Gasteiger partial charge in [-0.15, -0.1) is 0 Å². The Morgan fingerprint density at radius 2 is 1.81 bits per heavy atom. The fourth-order valence-electron chi connectivity index (χ4n) is 2.52. The van der Waals surface area contributed by atoms with Gasteiger partial charge in [0.15, 0.2) is 0 Å². The van der Waals surface area contributed by atoms with Crippen LogP contribution in [0, 0.1) is 5.41 Å². The Kier molecular flexibility index (Phi) is 3.91. The summed E-state index contributed by atoms with van der Waals surface area (Å²) in [4.78, 5) is 12.6. The van der Waals surface area contributed by atoms with Gasteiger partial charge in [-0.1, -0.05) is 13.8 Å². The molecule has 3 nitrogen and oxygen atoms in total. The quantitative estimate of drug-likeness (QED) is 0.896. The zero-order valence-electron chi connectivity index (χ0n) is 12.0. The maximum atomic E-state index is 13.2. The molecule has 1 saturated heterocycles. The van der Waals surface area contributed by atoms with Crippen molar-refractivity contribution >= 4 is 11.7 Å². The monoisotopic (exact) mass is 301 g/mol. The number of halogens is 3. The molecule has 0 bridgehead atoms. The van der Waals surface area contributed by atoms with Crippen LogP contribution in [0.4, 0.5) is 18.9 Å². The van der Waals surface area contributed by atoms with Crippen LogP contribution >= 0.6 is 0 Å².